The average molecular weight is 299 g/mol. The Morgan fingerprint density at radius 2 is 2.18 bits per heavy atom. The molecule has 0 unspecified atom stereocenters. The molecule has 0 bridgehead atoms. The van der Waals surface area contributed by atoms with Gasteiger partial charge in [0.1, 0.15) is 0 Å². The molecule has 2 heterocycles. The smallest absolute Gasteiger partial charge is 0.264 e. The van der Waals surface area contributed by atoms with Crippen molar-refractivity contribution >= 4 is 11.6 Å². The lowest BCUT2D eigenvalue weighted by atomic mass is 10.0. The van der Waals surface area contributed by atoms with Crippen LogP contribution in [0.3, 0.4) is 0 Å². The molecule has 1 amide bonds. The van der Waals surface area contributed by atoms with Gasteiger partial charge in [-0.2, -0.15) is 10.4 Å². The van der Waals surface area contributed by atoms with Gasteiger partial charge < -0.3 is 10.2 Å². The van der Waals surface area contributed by atoms with Gasteiger partial charge >= 0.3 is 0 Å². The highest BCUT2D eigenvalue weighted by Crippen LogP contribution is 2.27. The summed E-state index contributed by atoms with van der Waals surface area (Å²) < 4.78 is 16.1. The number of carbonyl (C=O) groups excluding carboxylic acids is 1. The van der Waals surface area contributed by atoms with E-state index in [0.717, 1.165) is 5.69 Å². The van der Waals surface area contributed by atoms with E-state index in [9.17, 15) is 9.18 Å². The lowest BCUT2D eigenvalue weighted by Crippen LogP contribution is -2.40. The Bertz CT molecular complexity index is 723. The summed E-state index contributed by atoms with van der Waals surface area (Å²) in [4.78, 5) is 13.3. The Labute approximate surface area is 126 Å². The van der Waals surface area contributed by atoms with Gasteiger partial charge in [0.15, 0.2) is 6.19 Å². The van der Waals surface area contributed by atoms with E-state index in [0.29, 0.717) is 5.69 Å². The van der Waals surface area contributed by atoms with E-state index in [1.165, 1.54) is 11.1 Å². The number of nitriles is 1. The van der Waals surface area contributed by atoms with Crippen LogP contribution < -0.4 is 5.32 Å². The van der Waals surface area contributed by atoms with Crippen LogP contribution in [0.1, 0.15) is 6.42 Å². The van der Waals surface area contributed by atoms with Crippen molar-refractivity contribution in [3.8, 4) is 11.9 Å². The highest BCUT2D eigenvalue weighted by molar-refractivity contribution is 5.97. The van der Waals surface area contributed by atoms with Crippen molar-refractivity contribution in [1.29, 1.82) is 5.26 Å². The molecule has 0 aliphatic carbocycles. The standard InChI is InChI=1S/C15H14FN5O/c16-15(6-7-20(10-15)11-17)14(22)19-12-8-18-21(9-12)13-4-2-1-3-5-13/h1-5,8-9H,6-7,10H2,(H,19,22)/t15-/m0/s1. The molecule has 1 atom stereocenters. The minimum Gasteiger partial charge on any atom is -0.321 e. The fraction of sp³-hybridized carbons (Fsp3) is 0.267. The lowest BCUT2D eigenvalue weighted by Gasteiger charge is -2.17. The van der Waals surface area contributed by atoms with Crippen molar-refractivity contribution < 1.29 is 9.18 Å². The number of nitrogens with one attached hydrogen (secondary N) is 1. The normalized spacial score (nSPS) is 20.6. The molecule has 22 heavy (non-hydrogen) atoms. The first-order valence-corrected chi connectivity index (χ1v) is 6.86. The van der Waals surface area contributed by atoms with Gasteiger partial charge in [0.25, 0.3) is 5.91 Å². The van der Waals surface area contributed by atoms with E-state index in [1.54, 1.807) is 10.9 Å². The molecule has 1 saturated heterocycles. The molecule has 112 valence electrons. The fourth-order valence-electron chi connectivity index (χ4n) is 2.40. The largest absolute Gasteiger partial charge is 0.321 e. The van der Waals surface area contributed by atoms with Crippen LogP contribution in [0.5, 0.6) is 0 Å². The van der Waals surface area contributed by atoms with E-state index in [2.05, 4.69) is 10.4 Å². The zero-order valence-electron chi connectivity index (χ0n) is 11.7. The molecule has 0 radical (unpaired) electrons. The highest BCUT2D eigenvalue weighted by atomic mass is 19.1. The first kappa shape index (κ1) is 14.1. The summed E-state index contributed by atoms with van der Waals surface area (Å²) in [5.74, 6) is -0.738. The van der Waals surface area contributed by atoms with Crippen LogP contribution in [0, 0.1) is 11.5 Å². The number of likely N-dealkylation sites (tertiary alicyclic amines) is 1. The Hall–Kier alpha value is -2.88. The van der Waals surface area contributed by atoms with Gasteiger partial charge in [-0.1, -0.05) is 18.2 Å². The van der Waals surface area contributed by atoms with Gasteiger partial charge in [0.05, 0.1) is 30.3 Å². The van der Waals surface area contributed by atoms with Crippen LogP contribution in [0.25, 0.3) is 5.69 Å². The molecule has 3 rings (SSSR count). The van der Waals surface area contributed by atoms with E-state index < -0.39 is 11.6 Å². The predicted octanol–water partition coefficient (Wildman–Crippen LogP) is 1.71. The van der Waals surface area contributed by atoms with E-state index in [1.807, 2.05) is 36.5 Å². The average Bonchev–Trinajstić information content (AvgIpc) is 3.16. The Balaban J connectivity index is 1.71. The number of nitrogens with zero attached hydrogens (tertiary/aromatic N) is 4. The molecule has 1 aliphatic heterocycles. The molecule has 0 spiro atoms. The van der Waals surface area contributed by atoms with Gasteiger partial charge in [-0.3, -0.25) is 4.79 Å². The third kappa shape index (κ3) is 2.63. The van der Waals surface area contributed by atoms with Crippen LogP contribution in [0.4, 0.5) is 10.1 Å². The van der Waals surface area contributed by atoms with Crippen LogP contribution in [0.15, 0.2) is 42.7 Å². The van der Waals surface area contributed by atoms with Crippen molar-refractivity contribution in [3.63, 3.8) is 0 Å². The second-order valence-corrected chi connectivity index (χ2v) is 5.20. The number of rotatable bonds is 3. The molecule has 1 fully saturated rings. The second-order valence-electron chi connectivity index (χ2n) is 5.20. The number of benzene rings is 1. The minimum atomic E-state index is -2.04. The zero-order valence-corrected chi connectivity index (χ0v) is 11.7. The number of para-hydroxylation sites is 1. The molecule has 1 N–H and O–H groups in total. The molecule has 1 aliphatic rings. The van der Waals surface area contributed by atoms with E-state index >= 15 is 0 Å². The summed E-state index contributed by atoms with van der Waals surface area (Å²) in [6.45, 7) is 0.0475. The van der Waals surface area contributed by atoms with Gasteiger partial charge in [-0.05, 0) is 12.1 Å². The summed E-state index contributed by atoms with van der Waals surface area (Å²) in [6, 6.07) is 9.39. The van der Waals surface area contributed by atoms with E-state index in [-0.39, 0.29) is 19.5 Å². The SMILES string of the molecule is N#CN1CC[C@@](F)(C(=O)Nc2cnn(-c3ccccc3)c2)C1. The van der Waals surface area contributed by atoms with Gasteiger partial charge in [0, 0.05) is 13.0 Å². The third-order valence-corrected chi connectivity index (χ3v) is 3.63. The summed E-state index contributed by atoms with van der Waals surface area (Å²) in [5.41, 5.74) is -0.777. The zero-order chi connectivity index (χ0) is 15.6. The number of carbonyl (C=O) groups is 1. The Morgan fingerprint density at radius 3 is 2.86 bits per heavy atom. The first-order chi connectivity index (χ1) is 10.6. The maximum absolute atomic E-state index is 14.5. The summed E-state index contributed by atoms with van der Waals surface area (Å²) in [7, 11) is 0. The lowest BCUT2D eigenvalue weighted by molar-refractivity contribution is -0.126. The Kier molecular flexibility index (Phi) is 3.51. The maximum Gasteiger partial charge on any atom is 0.264 e. The Morgan fingerprint density at radius 1 is 1.41 bits per heavy atom. The molecular weight excluding hydrogens is 285 g/mol. The molecule has 1 aromatic carbocycles. The number of amides is 1. The van der Waals surface area contributed by atoms with Gasteiger partial charge in [-0.25, -0.2) is 9.07 Å². The van der Waals surface area contributed by atoms with Crippen molar-refractivity contribution in [3.05, 3.63) is 42.7 Å². The summed E-state index contributed by atoms with van der Waals surface area (Å²) in [5, 5.41) is 15.4. The van der Waals surface area contributed by atoms with Gasteiger partial charge in [-0.15, -0.1) is 0 Å². The van der Waals surface area contributed by atoms with Crippen LogP contribution in [-0.2, 0) is 4.79 Å². The predicted molar refractivity (Wildman–Crippen MR) is 77.8 cm³/mol. The monoisotopic (exact) mass is 299 g/mol. The topological polar surface area (TPSA) is 74.0 Å². The molecule has 0 saturated carbocycles. The molecule has 7 heteroatoms. The first-order valence-electron chi connectivity index (χ1n) is 6.86. The highest BCUT2D eigenvalue weighted by Gasteiger charge is 2.45. The third-order valence-electron chi connectivity index (χ3n) is 3.63. The molecular formula is C15H14FN5O. The van der Waals surface area contributed by atoms with Crippen LogP contribution in [-0.4, -0.2) is 39.3 Å². The number of alkyl halides is 1. The van der Waals surface area contributed by atoms with Crippen molar-refractivity contribution in [2.75, 3.05) is 18.4 Å². The number of anilines is 1. The number of hydrogen-bond donors (Lipinski definition) is 1. The summed E-state index contributed by atoms with van der Waals surface area (Å²) in [6.07, 6.45) is 4.96. The fourth-order valence-corrected chi connectivity index (χ4v) is 2.40. The number of aromatic nitrogens is 2. The minimum absolute atomic E-state index is 0.0131. The van der Waals surface area contributed by atoms with Crippen LogP contribution >= 0.6 is 0 Å². The molecule has 2 aromatic rings. The number of halogens is 1. The van der Waals surface area contributed by atoms with Crippen molar-refractivity contribution in [2.24, 2.45) is 0 Å². The van der Waals surface area contributed by atoms with E-state index in [4.69, 9.17) is 5.26 Å². The van der Waals surface area contributed by atoms with Crippen LogP contribution in [0.2, 0.25) is 0 Å². The molecule has 6 nitrogen and oxygen atoms in total. The maximum atomic E-state index is 14.5. The second kappa shape index (κ2) is 5.48. The quantitative estimate of drug-likeness (QED) is 0.876. The summed E-state index contributed by atoms with van der Waals surface area (Å²) >= 11 is 0. The van der Waals surface area contributed by atoms with Gasteiger partial charge in [0.2, 0.25) is 5.67 Å². The number of hydrogen-bond acceptors (Lipinski definition) is 4. The van der Waals surface area contributed by atoms with Crippen molar-refractivity contribution in [1.82, 2.24) is 14.7 Å². The molecule has 1 aromatic heterocycles. The van der Waals surface area contributed by atoms with Crippen molar-refractivity contribution in [2.45, 2.75) is 12.1 Å².